The fourth-order valence-corrected chi connectivity index (χ4v) is 1.84. The maximum atomic E-state index is 12.0. The maximum absolute atomic E-state index is 12.0. The van der Waals surface area contributed by atoms with Crippen LogP contribution in [0.25, 0.3) is 0 Å². The van der Waals surface area contributed by atoms with Gasteiger partial charge in [0.15, 0.2) is 5.78 Å². The van der Waals surface area contributed by atoms with Crippen LogP contribution in [0.3, 0.4) is 0 Å². The molecule has 1 aliphatic rings. The molecule has 0 bridgehead atoms. The van der Waals surface area contributed by atoms with Gasteiger partial charge in [0.2, 0.25) is 0 Å². The van der Waals surface area contributed by atoms with Gasteiger partial charge in [-0.15, -0.1) is 0 Å². The Morgan fingerprint density at radius 2 is 2.00 bits per heavy atom. The van der Waals surface area contributed by atoms with Gasteiger partial charge in [0, 0.05) is 37.2 Å². The van der Waals surface area contributed by atoms with Crippen LogP contribution >= 0.6 is 0 Å². The molecule has 0 atom stereocenters. The summed E-state index contributed by atoms with van der Waals surface area (Å²) in [7, 11) is 1.78. The van der Waals surface area contributed by atoms with Gasteiger partial charge in [-0.1, -0.05) is 39.8 Å². The molecule has 0 aromatic heterocycles. The van der Waals surface area contributed by atoms with Gasteiger partial charge in [0.1, 0.15) is 5.84 Å². The Morgan fingerprint density at radius 1 is 1.33 bits per heavy atom. The molecule has 0 amide bonds. The van der Waals surface area contributed by atoms with Gasteiger partial charge in [-0.05, 0) is 0 Å². The molecular formula is C14H23N3O. The minimum absolute atomic E-state index is 0.0181. The summed E-state index contributed by atoms with van der Waals surface area (Å²) in [6, 6.07) is 0. The van der Waals surface area contributed by atoms with Crippen molar-refractivity contribution < 1.29 is 4.79 Å². The molecule has 0 radical (unpaired) electrons. The minimum atomic E-state index is 0.0181. The second-order valence-corrected chi connectivity index (χ2v) is 5.01. The van der Waals surface area contributed by atoms with Crippen LogP contribution in [0.1, 0.15) is 27.7 Å². The van der Waals surface area contributed by atoms with E-state index in [2.05, 4.69) is 24.4 Å². The van der Waals surface area contributed by atoms with Gasteiger partial charge >= 0.3 is 0 Å². The van der Waals surface area contributed by atoms with E-state index >= 15 is 0 Å². The van der Waals surface area contributed by atoms with E-state index in [1.54, 1.807) is 7.05 Å². The van der Waals surface area contributed by atoms with Crippen LogP contribution in [0.4, 0.5) is 0 Å². The Hall–Kier alpha value is -1.58. The summed E-state index contributed by atoms with van der Waals surface area (Å²) in [4.78, 5) is 14.0. The number of hydrazone groups is 1. The number of Topliss-reactive ketones (excluding diaryl/α,β-unsaturated/α-hetero) is 1. The number of nitrogens with zero attached hydrogens (tertiary/aromatic N) is 2. The van der Waals surface area contributed by atoms with E-state index in [0.29, 0.717) is 5.92 Å². The highest BCUT2D eigenvalue weighted by Gasteiger charge is 2.19. The Morgan fingerprint density at radius 3 is 2.50 bits per heavy atom. The predicted molar refractivity (Wildman–Crippen MR) is 75.1 cm³/mol. The monoisotopic (exact) mass is 249 g/mol. The molecule has 0 saturated heterocycles. The summed E-state index contributed by atoms with van der Waals surface area (Å²) < 4.78 is 0. The normalized spacial score (nSPS) is 16.3. The molecular weight excluding hydrogens is 226 g/mol. The van der Waals surface area contributed by atoms with Crippen molar-refractivity contribution in [3.63, 3.8) is 0 Å². The lowest BCUT2D eigenvalue weighted by Gasteiger charge is -2.26. The smallest absolute Gasteiger partial charge is 0.166 e. The third-order valence-electron chi connectivity index (χ3n) is 2.74. The summed E-state index contributed by atoms with van der Waals surface area (Å²) in [6.45, 7) is 8.77. The topological polar surface area (TPSA) is 44.7 Å². The van der Waals surface area contributed by atoms with E-state index < -0.39 is 0 Å². The lowest BCUT2D eigenvalue weighted by Crippen LogP contribution is -2.34. The van der Waals surface area contributed by atoms with E-state index in [9.17, 15) is 4.79 Å². The Bertz CT molecular complexity index is 392. The first kappa shape index (κ1) is 14.5. The molecule has 4 heteroatoms. The molecule has 0 aromatic carbocycles. The molecule has 0 spiro atoms. The summed E-state index contributed by atoms with van der Waals surface area (Å²) in [6.07, 6.45) is 5.80. The number of carbonyl (C=O) groups excluding carboxylic acids is 1. The standard InChI is InChI=1S/C14H23N3O/c1-10(2)13(18)12-7-6-8-17(9-12)14(11(3)4)16-15-5/h6-7,9-11,15H,8H2,1-5H3/b16-14-. The number of carbonyl (C=O) groups is 1. The van der Waals surface area contributed by atoms with Crippen molar-refractivity contribution in [1.29, 1.82) is 0 Å². The van der Waals surface area contributed by atoms with Crippen LogP contribution in [0.15, 0.2) is 29.0 Å². The lowest BCUT2D eigenvalue weighted by molar-refractivity contribution is -0.118. The van der Waals surface area contributed by atoms with Crippen molar-refractivity contribution >= 4 is 11.6 Å². The molecule has 4 nitrogen and oxygen atoms in total. The lowest BCUT2D eigenvalue weighted by atomic mass is 9.99. The first-order valence-electron chi connectivity index (χ1n) is 6.41. The number of ketones is 1. The number of rotatable bonds is 4. The summed E-state index contributed by atoms with van der Waals surface area (Å²) in [5.41, 5.74) is 3.57. The second-order valence-electron chi connectivity index (χ2n) is 5.01. The molecule has 0 unspecified atom stereocenters. The van der Waals surface area contributed by atoms with Gasteiger partial charge in [-0.3, -0.25) is 4.79 Å². The van der Waals surface area contributed by atoms with Crippen LogP contribution in [-0.2, 0) is 4.79 Å². The van der Waals surface area contributed by atoms with Crippen molar-refractivity contribution in [2.24, 2.45) is 16.9 Å². The third kappa shape index (κ3) is 3.45. The summed E-state index contributed by atoms with van der Waals surface area (Å²) in [5, 5.41) is 4.29. The summed E-state index contributed by atoms with van der Waals surface area (Å²) >= 11 is 0. The first-order valence-corrected chi connectivity index (χ1v) is 6.41. The zero-order valence-electron chi connectivity index (χ0n) is 11.9. The van der Waals surface area contributed by atoms with Gasteiger partial charge in [-0.25, -0.2) is 0 Å². The maximum Gasteiger partial charge on any atom is 0.166 e. The van der Waals surface area contributed by atoms with Crippen molar-refractivity contribution in [1.82, 2.24) is 10.3 Å². The Kier molecular flexibility index (Phi) is 5.13. The highest BCUT2D eigenvalue weighted by Crippen LogP contribution is 2.15. The third-order valence-corrected chi connectivity index (χ3v) is 2.74. The first-order chi connectivity index (χ1) is 8.47. The predicted octanol–water partition coefficient (Wildman–Crippen LogP) is 2.16. The number of hydrogen-bond donors (Lipinski definition) is 1. The fourth-order valence-electron chi connectivity index (χ4n) is 1.84. The van der Waals surface area contributed by atoms with Crippen LogP contribution in [0.5, 0.6) is 0 Å². The molecule has 1 aliphatic heterocycles. The van der Waals surface area contributed by atoms with Gasteiger partial charge in [0.05, 0.1) is 0 Å². The van der Waals surface area contributed by atoms with Crippen molar-refractivity contribution in [2.45, 2.75) is 27.7 Å². The number of amidine groups is 1. The van der Waals surface area contributed by atoms with Crippen molar-refractivity contribution in [2.75, 3.05) is 13.6 Å². The van der Waals surface area contributed by atoms with Crippen LogP contribution in [0.2, 0.25) is 0 Å². The number of allylic oxidation sites excluding steroid dienone is 2. The van der Waals surface area contributed by atoms with Gasteiger partial charge in [0.25, 0.3) is 0 Å². The molecule has 0 aliphatic carbocycles. The zero-order valence-corrected chi connectivity index (χ0v) is 11.9. The van der Waals surface area contributed by atoms with Gasteiger partial charge in [-0.2, -0.15) is 5.10 Å². The molecule has 0 saturated carbocycles. The van der Waals surface area contributed by atoms with Crippen LogP contribution < -0.4 is 5.43 Å². The Labute approximate surface area is 109 Å². The fraction of sp³-hybridized carbons (Fsp3) is 0.571. The van der Waals surface area contributed by atoms with Crippen LogP contribution in [-0.4, -0.2) is 30.1 Å². The molecule has 0 aromatic rings. The minimum Gasteiger partial charge on any atom is -0.330 e. The molecule has 1 heterocycles. The molecule has 1 rings (SSSR count). The van der Waals surface area contributed by atoms with Gasteiger partial charge < -0.3 is 10.3 Å². The van der Waals surface area contributed by atoms with E-state index in [4.69, 9.17) is 0 Å². The van der Waals surface area contributed by atoms with E-state index in [-0.39, 0.29) is 11.7 Å². The van der Waals surface area contributed by atoms with E-state index in [0.717, 1.165) is 18.0 Å². The highest BCUT2D eigenvalue weighted by atomic mass is 16.1. The Balaban J connectivity index is 2.96. The number of nitrogens with one attached hydrogen (secondary N) is 1. The average Bonchev–Trinajstić information content (AvgIpc) is 2.34. The molecule has 100 valence electrons. The zero-order chi connectivity index (χ0) is 13.7. The summed E-state index contributed by atoms with van der Waals surface area (Å²) in [5.74, 6) is 1.43. The largest absolute Gasteiger partial charge is 0.330 e. The molecule has 1 N–H and O–H groups in total. The van der Waals surface area contributed by atoms with Crippen molar-refractivity contribution in [3.8, 4) is 0 Å². The SMILES string of the molecule is CN/N=C(/C(C)C)N1C=C(C(=O)C(C)C)C=CC1. The highest BCUT2D eigenvalue weighted by molar-refractivity contribution is 6.00. The molecule has 18 heavy (non-hydrogen) atoms. The van der Waals surface area contributed by atoms with E-state index in [1.165, 1.54) is 0 Å². The van der Waals surface area contributed by atoms with Crippen molar-refractivity contribution in [3.05, 3.63) is 23.9 Å². The number of hydrogen-bond acceptors (Lipinski definition) is 3. The molecule has 0 fully saturated rings. The quantitative estimate of drug-likeness (QED) is 0.472. The van der Waals surface area contributed by atoms with Crippen LogP contribution in [0, 0.1) is 11.8 Å². The average molecular weight is 249 g/mol. The van der Waals surface area contributed by atoms with E-state index in [1.807, 2.05) is 37.1 Å². The second kappa shape index (κ2) is 6.38.